The van der Waals surface area contributed by atoms with Gasteiger partial charge in [-0.2, -0.15) is 5.26 Å². The van der Waals surface area contributed by atoms with Crippen molar-refractivity contribution in [2.45, 2.75) is 11.8 Å². The Bertz CT molecular complexity index is 888. The van der Waals surface area contributed by atoms with E-state index in [-0.39, 0.29) is 6.42 Å². The number of nitriles is 1. The van der Waals surface area contributed by atoms with Gasteiger partial charge in [0.25, 0.3) is 0 Å². The number of hydroxylamine groups is 1. The zero-order valence-electron chi connectivity index (χ0n) is 13.9. The molecule has 7 nitrogen and oxygen atoms in total. The quantitative estimate of drug-likeness (QED) is 0.485. The van der Waals surface area contributed by atoms with Crippen molar-refractivity contribution in [3.63, 3.8) is 0 Å². The van der Waals surface area contributed by atoms with Crippen molar-refractivity contribution in [2.75, 3.05) is 7.11 Å². The Morgan fingerprint density at radius 2 is 1.96 bits per heavy atom. The van der Waals surface area contributed by atoms with E-state index < -0.39 is 23.2 Å². The summed E-state index contributed by atoms with van der Waals surface area (Å²) in [5, 5.41) is 17.7. The van der Waals surface area contributed by atoms with Crippen LogP contribution in [0, 0.1) is 17.2 Å². The SMILES string of the molecule is COC(=O)[C@]1(c2cccc(Oc3ccc(C#N)cc3)c2)C[C@H]1C(=O)NO. The number of amides is 1. The lowest BCUT2D eigenvalue weighted by molar-refractivity contribution is -0.146. The monoisotopic (exact) mass is 352 g/mol. The van der Waals surface area contributed by atoms with Crippen LogP contribution in [-0.2, 0) is 19.7 Å². The number of rotatable bonds is 5. The summed E-state index contributed by atoms with van der Waals surface area (Å²) in [5.41, 5.74) is 1.55. The number of carbonyl (C=O) groups excluding carboxylic acids is 2. The number of carbonyl (C=O) groups is 2. The fourth-order valence-corrected chi connectivity index (χ4v) is 3.07. The minimum absolute atomic E-state index is 0.242. The van der Waals surface area contributed by atoms with Crippen LogP contribution in [0.15, 0.2) is 48.5 Å². The molecule has 132 valence electrons. The third kappa shape index (κ3) is 2.98. The second-order valence-electron chi connectivity index (χ2n) is 5.96. The molecule has 0 saturated heterocycles. The molecular formula is C19H16N2O5. The summed E-state index contributed by atoms with van der Waals surface area (Å²) in [6.45, 7) is 0. The van der Waals surface area contributed by atoms with Gasteiger partial charge >= 0.3 is 5.97 Å². The van der Waals surface area contributed by atoms with E-state index in [1.54, 1.807) is 54.0 Å². The Kier molecular flexibility index (Phi) is 4.61. The highest BCUT2D eigenvalue weighted by Gasteiger charge is 2.65. The molecule has 2 aromatic rings. The van der Waals surface area contributed by atoms with Crippen molar-refractivity contribution in [3.8, 4) is 17.6 Å². The summed E-state index contributed by atoms with van der Waals surface area (Å²) >= 11 is 0. The molecule has 0 aliphatic heterocycles. The molecule has 7 heteroatoms. The van der Waals surface area contributed by atoms with Crippen molar-refractivity contribution in [1.82, 2.24) is 5.48 Å². The van der Waals surface area contributed by atoms with Gasteiger partial charge in [-0.3, -0.25) is 14.8 Å². The van der Waals surface area contributed by atoms with Gasteiger partial charge in [0.1, 0.15) is 16.9 Å². The highest BCUT2D eigenvalue weighted by Crippen LogP contribution is 2.55. The number of esters is 1. The Balaban J connectivity index is 1.89. The molecule has 3 rings (SSSR count). The molecule has 2 atom stereocenters. The Morgan fingerprint density at radius 3 is 2.58 bits per heavy atom. The number of hydrogen-bond donors (Lipinski definition) is 2. The molecule has 0 heterocycles. The lowest BCUT2D eigenvalue weighted by atomic mass is 9.92. The summed E-state index contributed by atoms with van der Waals surface area (Å²) in [5.74, 6) is -0.861. The molecule has 2 N–H and O–H groups in total. The molecule has 0 radical (unpaired) electrons. The van der Waals surface area contributed by atoms with Crippen LogP contribution < -0.4 is 10.2 Å². The minimum atomic E-state index is -1.13. The van der Waals surface area contributed by atoms with E-state index in [0.29, 0.717) is 22.6 Å². The number of nitrogens with zero attached hydrogens (tertiary/aromatic N) is 1. The molecule has 1 aliphatic carbocycles. The zero-order chi connectivity index (χ0) is 18.7. The molecule has 1 saturated carbocycles. The maximum Gasteiger partial charge on any atom is 0.317 e. The molecule has 0 aromatic heterocycles. The summed E-state index contributed by atoms with van der Waals surface area (Å²) in [6.07, 6.45) is 0.242. The Hall–Kier alpha value is -3.37. The van der Waals surface area contributed by atoms with Crippen LogP contribution in [0.2, 0.25) is 0 Å². The Morgan fingerprint density at radius 1 is 1.23 bits per heavy atom. The predicted octanol–water partition coefficient (Wildman–Crippen LogP) is 2.29. The average molecular weight is 352 g/mol. The van der Waals surface area contributed by atoms with Crippen molar-refractivity contribution in [1.29, 1.82) is 5.26 Å². The van der Waals surface area contributed by atoms with E-state index in [9.17, 15) is 9.59 Å². The zero-order valence-corrected chi connectivity index (χ0v) is 13.9. The van der Waals surface area contributed by atoms with Crippen LogP contribution >= 0.6 is 0 Å². The number of ether oxygens (including phenoxy) is 2. The van der Waals surface area contributed by atoms with Gasteiger partial charge in [-0.1, -0.05) is 12.1 Å². The third-order valence-electron chi connectivity index (χ3n) is 4.51. The summed E-state index contributed by atoms with van der Waals surface area (Å²) in [6, 6.07) is 15.5. The maximum absolute atomic E-state index is 12.3. The first-order chi connectivity index (χ1) is 12.5. The van der Waals surface area contributed by atoms with Gasteiger partial charge in [0, 0.05) is 0 Å². The van der Waals surface area contributed by atoms with Gasteiger partial charge in [-0.05, 0) is 48.4 Å². The van der Waals surface area contributed by atoms with Gasteiger partial charge < -0.3 is 9.47 Å². The van der Waals surface area contributed by atoms with Crippen LogP contribution in [0.1, 0.15) is 17.5 Å². The van der Waals surface area contributed by atoms with Crippen molar-refractivity contribution >= 4 is 11.9 Å². The lowest BCUT2D eigenvalue weighted by Gasteiger charge is -2.16. The van der Waals surface area contributed by atoms with Gasteiger partial charge in [0.15, 0.2) is 0 Å². The van der Waals surface area contributed by atoms with E-state index in [1.165, 1.54) is 7.11 Å². The van der Waals surface area contributed by atoms with Gasteiger partial charge in [-0.25, -0.2) is 5.48 Å². The van der Waals surface area contributed by atoms with E-state index in [1.807, 2.05) is 6.07 Å². The van der Waals surface area contributed by atoms with Crippen LogP contribution in [-0.4, -0.2) is 24.2 Å². The van der Waals surface area contributed by atoms with Crippen LogP contribution in [0.4, 0.5) is 0 Å². The number of nitrogens with one attached hydrogen (secondary N) is 1. The molecule has 26 heavy (non-hydrogen) atoms. The first kappa shape index (κ1) is 17.5. The normalized spacial score (nSPS) is 20.6. The van der Waals surface area contributed by atoms with Gasteiger partial charge in [0.2, 0.25) is 5.91 Å². The lowest BCUT2D eigenvalue weighted by Crippen LogP contribution is -2.31. The second-order valence-corrected chi connectivity index (χ2v) is 5.96. The molecule has 1 fully saturated rings. The number of benzene rings is 2. The molecule has 1 amide bonds. The standard InChI is InChI=1S/C19H16N2O5/c1-25-18(23)19(10-16(19)17(22)21-24)13-3-2-4-15(9-13)26-14-7-5-12(11-20)6-8-14/h2-9,16,24H,10H2,1H3,(H,21,22)/t16-,19-/m0/s1. The van der Waals surface area contributed by atoms with E-state index >= 15 is 0 Å². The number of methoxy groups -OCH3 is 1. The van der Waals surface area contributed by atoms with E-state index in [0.717, 1.165) is 0 Å². The first-order valence-corrected chi connectivity index (χ1v) is 7.86. The summed E-state index contributed by atoms with van der Waals surface area (Å²) in [4.78, 5) is 24.1. The summed E-state index contributed by atoms with van der Waals surface area (Å²) in [7, 11) is 1.26. The smallest absolute Gasteiger partial charge is 0.317 e. The van der Waals surface area contributed by atoms with Gasteiger partial charge in [0.05, 0.1) is 24.7 Å². The highest BCUT2D eigenvalue weighted by atomic mass is 16.5. The van der Waals surface area contributed by atoms with Crippen molar-refractivity contribution in [2.24, 2.45) is 5.92 Å². The topological polar surface area (TPSA) is 109 Å². The molecule has 2 aromatic carbocycles. The van der Waals surface area contributed by atoms with Crippen LogP contribution in [0.3, 0.4) is 0 Å². The minimum Gasteiger partial charge on any atom is -0.468 e. The molecule has 0 bridgehead atoms. The number of hydrogen-bond acceptors (Lipinski definition) is 6. The second kappa shape index (κ2) is 6.86. The summed E-state index contributed by atoms with van der Waals surface area (Å²) < 4.78 is 10.6. The van der Waals surface area contributed by atoms with Crippen molar-refractivity contribution in [3.05, 3.63) is 59.7 Å². The van der Waals surface area contributed by atoms with Gasteiger partial charge in [-0.15, -0.1) is 0 Å². The molecule has 0 unspecified atom stereocenters. The van der Waals surface area contributed by atoms with Crippen LogP contribution in [0.5, 0.6) is 11.5 Å². The maximum atomic E-state index is 12.3. The average Bonchev–Trinajstić information content (AvgIpc) is 3.44. The molecular weight excluding hydrogens is 336 g/mol. The fourth-order valence-electron chi connectivity index (χ4n) is 3.07. The molecule has 1 aliphatic rings. The van der Waals surface area contributed by atoms with Crippen molar-refractivity contribution < 1.29 is 24.3 Å². The van der Waals surface area contributed by atoms with E-state index in [2.05, 4.69) is 0 Å². The first-order valence-electron chi connectivity index (χ1n) is 7.86. The third-order valence-corrected chi connectivity index (χ3v) is 4.51. The Labute approximate surface area is 149 Å². The largest absolute Gasteiger partial charge is 0.468 e. The predicted molar refractivity (Wildman–Crippen MR) is 89.4 cm³/mol. The molecule has 0 spiro atoms. The fraction of sp³-hybridized carbons (Fsp3) is 0.211. The van der Waals surface area contributed by atoms with E-state index in [4.69, 9.17) is 19.9 Å². The van der Waals surface area contributed by atoms with Crippen LogP contribution in [0.25, 0.3) is 0 Å². The highest BCUT2D eigenvalue weighted by molar-refractivity contribution is 5.97.